The standard InChI is InChI=1S/C16H16N2O3S/c1-11(9-17)21-15(20)13-10-22-16(8-7-14(19)18(13)16)12-5-3-2-4-6-12/h2-6,11,13H,7-8,10H2,1H3/t11-,13-,16+/m0/s1. The Kier molecular flexibility index (Phi) is 3.83. The van der Waals surface area contributed by atoms with Crippen molar-refractivity contribution in [3.8, 4) is 6.07 Å². The Morgan fingerprint density at radius 2 is 2.23 bits per heavy atom. The van der Waals surface area contributed by atoms with E-state index in [1.54, 1.807) is 16.7 Å². The van der Waals surface area contributed by atoms with E-state index in [-0.39, 0.29) is 5.91 Å². The first-order chi connectivity index (χ1) is 10.6. The van der Waals surface area contributed by atoms with Gasteiger partial charge in [0, 0.05) is 12.2 Å². The van der Waals surface area contributed by atoms with E-state index in [1.807, 2.05) is 36.4 Å². The van der Waals surface area contributed by atoms with Gasteiger partial charge in [-0.3, -0.25) is 4.79 Å². The number of amides is 1. The summed E-state index contributed by atoms with van der Waals surface area (Å²) in [6, 6.07) is 11.1. The molecule has 6 heteroatoms. The van der Waals surface area contributed by atoms with Gasteiger partial charge in [-0.15, -0.1) is 11.8 Å². The molecular weight excluding hydrogens is 300 g/mol. The Hall–Kier alpha value is -2.00. The third kappa shape index (κ3) is 2.26. The highest BCUT2D eigenvalue weighted by Crippen LogP contribution is 2.54. The van der Waals surface area contributed by atoms with Crippen LogP contribution in [0.1, 0.15) is 25.3 Å². The van der Waals surface area contributed by atoms with Crippen LogP contribution in [0.4, 0.5) is 0 Å². The SMILES string of the molecule is C[C@@H](C#N)OC(=O)[C@@H]1CS[C@@]2(c3ccccc3)CCC(=O)N12. The van der Waals surface area contributed by atoms with Gasteiger partial charge in [-0.05, 0) is 18.9 Å². The summed E-state index contributed by atoms with van der Waals surface area (Å²) in [5.74, 6) is -0.0209. The van der Waals surface area contributed by atoms with Gasteiger partial charge in [0.1, 0.15) is 17.0 Å². The van der Waals surface area contributed by atoms with Crippen LogP contribution in [-0.4, -0.2) is 34.7 Å². The molecule has 22 heavy (non-hydrogen) atoms. The smallest absolute Gasteiger partial charge is 0.331 e. The van der Waals surface area contributed by atoms with Gasteiger partial charge in [-0.1, -0.05) is 30.3 Å². The Bertz CT molecular complexity index is 643. The van der Waals surface area contributed by atoms with E-state index in [1.165, 1.54) is 6.92 Å². The molecule has 2 aliphatic heterocycles. The van der Waals surface area contributed by atoms with E-state index >= 15 is 0 Å². The van der Waals surface area contributed by atoms with Crippen LogP contribution in [0.3, 0.4) is 0 Å². The molecule has 1 aromatic carbocycles. The van der Waals surface area contributed by atoms with Gasteiger partial charge in [0.15, 0.2) is 6.10 Å². The fourth-order valence-corrected chi connectivity index (χ4v) is 4.73. The average Bonchev–Trinajstić information content (AvgIpc) is 3.08. The molecule has 0 unspecified atom stereocenters. The van der Waals surface area contributed by atoms with Crippen molar-refractivity contribution in [2.75, 3.05) is 5.75 Å². The molecule has 0 aromatic heterocycles. The van der Waals surface area contributed by atoms with Crippen LogP contribution in [0.15, 0.2) is 30.3 Å². The molecular formula is C16H16N2O3S. The highest BCUT2D eigenvalue weighted by atomic mass is 32.2. The Morgan fingerprint density at radius 1 is 1.50 bits per heavy atom. The van der Waals surface area contributed by atoms with Crippen LogP contribution in [-0.2, 0) is 19.2 Å². The third-order valence-electron chi connectivity index (χ3n) is 4.10. The number of hydrogen-bond donors (Lipinski definition) is 0. The van der Waals surface area contributed by atoms with Gasteiger partial charge < -0.3 is 9.64 Å². The predicted molar refractivity (Wildman–Crippen MR) is 81.6 cm³/mol. The summed E-state index contributed by atoms with van der Waals surface area (Å²) < 4.78 is 5.11. The summed E-state index contributed by atoms with van der Waals surface area (Å²) in [4.78, 5) is 25.8. The minimum absolute atomic E-state index is 0.0274. The second-order valence-electron chi connectivity index (χ2n) is 5.45. The van der Waals surface area contributed by atoms with Crippen molar-refractivity contribution in [3.05, 3.63) is 35.9 Å². The van der Waals surface area contributed by atoms with Crippen molar-refractivity contribution in [1.82, 2.24) is 4.90 Å². The zero-order valence-electron chi connectivity index (χ0n) is 12.2. The van der Waals surface area contributed by atoms with Gasteiger partial charge in [0.05, 0.1) is 0 Å². The van der Waals surface area contributed by atoms with Crippen molar-refractivity contribution < 1.29 is 14.3 Å². The molecule has 5 nitrogen and oxygen atoms in total. The summed E-state index contributed by atoms with van der Waals surface area (Å²) in [6.07, 6.45) is 0.319. The number of benzene rings is 1. The number of nitrogens with zero attached hydrogens (tertiary/aromatic N) is 2. The number of ether oxygens (including phenoxy) is 1. The lowest BCUT2D eigenvalue weighted by Crippen LogP contribution is -2.47. The number of hydrogen-bond acceptors (Lipinski definition) is 5. The van der Waals surface area contributed by atoms with Gasteiger partial charge in [0.2, 0.25) is 5.91 Å². The molecule has 0 N–H and O–H groups in total. The monoisotopic (exact) mass is 316 g/mol. The summed E-state index contributed by atoms with van der Waals surface area (Å²) in [5, 5.41) is 8.78. The molecule has 0 bridgehead atoms. The van der Waals surface area contributed by atoms with Crippen LogP contribution in [0.2, 0.25) is 0 Å². The number of fused-ring (bicyclic) bond motifs is 1. The lowest BCUT2D eigenvalue weighted by atomic mass is 10.0. The van der Waals surface area contributed by atoms with Gasteiger partial charge >= 0.3 is 5.97 Å². The van der Waals surface area contributed by atoms with Crippen molar-refractivity contribution in [2.24, 2.45) is 0 Å². The first kappa shape index (κ1) is 14.9. The Labute approximate surface area is 133 Å². The van der Waals surface area contributed by atoms with E-state index in [4.69, 9.17) is 10.00 Å². The summed E-state index contributed by atoms with van der Waals surface area (Å²) >= 11 is 1.61. The molecule has 2 saturated heterocycles. The number of carbonyl (C=O) groups is 2. The largest absolute Gasteiger partial charge is 0.446 e. The molecule has 1 aromatic rings. The van der Waals surface area contributed by atoms with E-state index in [9.17, 15) is 9.59 Å². The van der Waals surface area contributed by atoms with Crippen LogP contribution in [0.25, 0.3) is 0 Å². The first-order valence-corrected chi connectivity index (χ1v) is 8.19. The minimum Gasteiger partial charge on any atom is -0.446 e. The summed E-state index contributed by atoms with van der Waals surface area (Å²) in [6.45, 7) is 1.52. The highest BCUT2D eigenvalue weighted by molar-refractivity contribution is 8.00. The van der Waals surface area contributed by atoms with Crippen molar-refractivity contribution >= 4 is 23.6 Å². The molecule has 0 spiro atoms. The second-order valence-corrected chi connectivity index (χ2v) is 6.75. The van der Waals surface area contributed by atoms with Crippen LogP contribution >= 0.6 is 11.8 Å². The number of carbonyl (C=O) groups excluding carboxylic acids is 2. The van der Waals surface area contributed by atoms with Crippen molar-refractivity contribution in [3.63, 3.8) is 0 Å². The number of rotatable bonds is 3. The summed E-state index contributed by atoms with van der Waals surface area (Å²) in [5.41, 5.74) is 1.04. The molecule has 0 aliphatic carbocycles. The number of thioether (sulfide) groups is 1. The Morgan fingerprint density at radius 3 is 2.91 bits per heavy atom. The van der Waals surface area contributed by atoms with Crippen LogP contribution < -0.4 is 0 Å². The minimum atomic E-state index is -0.804. The molecule has 114 valence electrons. The van der Waals surface area contributed by atoms with Crippen LogP contribution in [0, 0.1) is 11.3 Å². The maximum Gasteiger partial charge on any atom is 0.331 e. The molecule has 2 fully saturated rings. The van der Waals surface area contributed by atoms with Gasteiger partial charge in [-0.25, -0.2) is 4.79 Å². The molecule has 0 radical (unpaired) electrons. The third-order valence-corrected chi connectivity index (χ3v) is 5.70. The molecule has 2 heterocycles. The highest BCUT2D eigenvalue weighted by Gasteiger charge is 2.57. The maximum absolute atomic E-state index is 12.3. The Balaban J connectivity index is 1.91. The van der Waals surface area contributed by atoms with Crippen molar-refractivity contribution in [2.45, 2.75) is 36.8 Å². The van der Waals surface area contributed by atoms with E-state index in [0.29, 0.717) is 18.6 Å². The molecule has 2 aliphatic rings. The van der Waals surface area contributed by atoms with Crippen molar-refractivity contribution in [1.29, 1.82) is 5.26 Å². The van der Waals surface area contributed by atoms with E-state index in [0.717, 1.165) is 5.56 Å². The molecule has 0 saturated carbocycles. The lowest BCUT2D eigenvalue weighted by Gasteiger charge is -2.33. The number of nitriles is 1. The first-order valence-electron chi connectivity index (χ1n) is 7.20. The second kappa shape index (κ2) is 5.65. The molecule has 3 atom stereocenters. The number of esters is 1. The zero-order valence-corrected chi connectivity index (χ0v) is 13.0. The summed E-state index contributed by atoms with van der Waals surface area (Å²) in [7, 11) is 0. The van der Waals surface area contributed by atoms with Gasteiger partial charge in [-0.2, -0.15) is 5.26 Å². The fourth-order valence-electron chi connectivity index (χ4n) is 3.10. The topological polar surface area (TPSA) is 70.4 Å². The van der Waals surface area contributed by atoms with E-state index in [2.05, 4.69) is 0 Å². The predicted octanol–water partition coefficient (Wildman–Crippen LogP) is 2.03. The van der Waals surface area contributed by atoms with Crippen LogP contribution in [0.5, 0.6) is 0 Å². The molecule has 3 rings (SSSR count). The fraction of sp³-hybridized carbons (Fsp3) is 0.438. The normalized spacial score (nSPS) is 28.1. The van der Waals surface area contributed by atoms with E-state index < -0.39 is 23.0 Å². The molecule has 1 amide bonds. The lowest BCUT2D eigenvalue weighted by molar-refractivity contribution is -0.155. The quantitative estimate of drug-likeness (QED) is 0.798. The average molecular weight is 316 g/mol. The van der Waals surface area contributed by atoms with Gasteiger partial charge in [0.25, 0.3) is 0 Å². The zero-order chi connectivity index (χ0) is 15.7. The maximum atomic E-state index is 12.3.